The summed E-state index contributed by atoms with van der Waals surface area (Å²) in [5.41, 5.74) is 0.957. The molecule has 6 atom stereocenters. The van der Waals surface area contributed by atoms with Crippen LogP contribution in [0.25, 0.3) is 0 Å². The van der Waals surface area contributed by atoms with Gasteiger partial charge >= 0.3 is 11.9 Å². The Balaban J connectivity index is 1.58. The van der Waals surface area contributed by atoms with Gasteiger partial charge in [0, 0.05) is 29.7 Å². The highest BCUT2D eigenvalue weighted by molar-refractivity contribution is 5.85. The molecule has 4 bridgehead atoms. The van der Waals surface area contributed by atoms with Crippen molar-refractivity contribution in [2.75, 3.05) is 6.61 Å². The van der Waals surface area contributed by atoms with Crippen LogP contribution in [0.1, 0.15) is 91.4 Å². The summed E-state index contributed by atoms with van der Waals surface area (Å²) in [4.78, 5) is 24.7. The van der Waals surface area contributed by atoms with E-state index in [2.05, 4.69) is 38.9 Å². The van der Waals surface area contributed by atoms with Gasteiger partial charge in [0.2, 0.25) is 0 Å². The van der Waals surface area contributed by atoms with Crippen LogP contribution >= 0.6 is 0 Å². The lowest BCUT2D eigenvalue weighted by atomic mass is 9.29. The Bertz CT molecular complexity index is 1070. The highest BCUT2D eigenvalue weighted by Crippen LogP contribution is 2.80. The second-order valence-corrected chi connectivity index (χ2v) is 12.2. The topological polar surface area (TPSA) is 61.8 Å². The van der Waals surface area contributed by atoms with Gasteiger partial charge in [-0.3, -0.25) is 4.79 Å². The van der Waals surface area contributed by atoms with E-state index in [0.717, 1.165) is 56.9 Å². The van der Waals surface area contributed by atoms with Gasteiger partial charge in [0.1, 0.15) is 18.3 Å². The number of hydrogen-bond donors (Lipinski definition) is 0. The van der Waals surface area contributed by atoms with E-state index in [1.165, 1.54) is 5.57 Å². The van der Waals surface area contributed by atoms with Crippen molar-refractivity contribution in [3.63, 3.8) is 0 Å². The van der Waals surface area contributed by atoms with Gasteiger partial charge in [-0.05, 0) is 68.4 Å². The van der Waals surface area contributed by atoms with Crippen molar-refractivity contribution in [1.82, 2.24) is 0 Å². The van der Waals surface area contributed by atoms with Crippen molar-refractivity contribution < 1.29 is 23.8 Å². The fourth-order valence-electron chi connectivity index (χ4n) is 9.60. The van der Waals surface area contributed by atoms with E-state index < -0.39 is 11.0 Å². The first kappa shape index (κ1) is 22.3. The molecule has 0 amide bonds. The van der Waals surface area contributed by atoms with Crippen molar-refractivity contribution in [1.29, 1.82) is 0 Å². The van der Waals surface area contributed by atoms with E-state index in [1.54, 1.807) is 6.08 Å². The number of fused-ring (bicyclic) bond motifs is 3. The fourth-order valence-corrected chi connectivity index (χ4v) is 9.60. The molecular formula is C29H36O5. The Morgan fingerprint density at radius 1 is 1.09 bits per heavy atom. The van der Waals surface area contributed by atoms with Gasteiger partial charge in [-0.1, -0.05) is 26.2 Å². The van der Waals surface area contributed by atoms with Gasteiger partial charge in [0.15, 0.2) is 0 Å². The summed E-state index contributed by atoms with van der Waals surface area (Å²) in [5.74, 6) is 6.63. The number of hydrogen-bond acceptors (Lipinski definition) is 5. The minimum atomic E-state index is -0.532. The first-order chi connectivity index (χ1) is 16.2. The zero-order valence-electron chi connectivity index (χ0n) is 20.8. The third kappa shape index (κ3) is 2.53. The predicted octanol–water partition coefficient (Wildman–Crippen LogP) is 5.39. The molecule has 0 aromatic carbocycles. The highest BCUT2D eigenvalue weighted by Gasteiger charge is 2.81. The molecule has 3 aliphatic carbocycles. The van der Waals surface area contributed by atoms with Gasteiger partial charge in [-0.25, -0.2) is 4.79 Å². The van der Waals surface area contributed by atoms with Crippen molar-refractivity contribution in [3.8, 4) is 11.8 Å². The Labute approximate surface area is 202 Å². The molecule has 6 rings (SSSR count). The minimum Gasteiger partial charge on any atom is -0.493 e. The van der Waals surface area contributed by atoms with Crippen molar-refractivity contribution in [2.45, 2.75) is 103 Å². The number of esters is 2. The predicted molar refractivity (Wildman–Crippen MR) is 126 cm³/mol. The first-order valence-electron chi connectivity index (χ1n) is 13.1. The standard InChI is InChI=1S/C29H36O5/c1-25-12-6-8-21-19-33-28(15-10-20-16-24(31)32-18-20)26(2)11-5-4-9-23(30)34-22(17-26)29(21,25)27(28,3)14-7-13-25/h16,19,22H,4,6-10,12-15,17-18H2,1-3H3/t22-,25-,26+,27-,28-,29+/m1/s1. The Morgan fingerprint density at radius 3 is 2.71 bits per heavy atom. The molecule has 5 heteroatoms. The van der Waals surface area contributed by atoms with Crippen LogP contribution in [0.2, 0.25) is 0 Å². The summed E-state index contributed by atoms with van der Waals surface area (Å²) >= 11 is 0. The molecule has 1 spiro atoms. The number of carbonyl (C=O) groups excluding carboxylic acids is 2. The van der Waals surface area contributed by atoms with Crippen LogP contribution in [0.3, 0.4) is 0 Å². The van der Waals surface area contributed by atoms with E-state index in [9.17, 15) is 9.59 Å². The number of cyclic esters (lactones) is 1. The third-order valence-corrected chi connectivity index (χ3v) is 10.8. The average molecular weight is 465 g/mol. The molecule has 5 nitrogen and oxygen atoms in total. The van der Waals surface area contributed by atoms with Gasteiger partial charge in [-0.15, -0.1) is 5.92 Å². The zero-order valence-corrected chi connectivity index (χ0v) is 20.8. The quantitative estimate of drug-likeness (QED) is 0.414. The Kier molecular flexibility index (Phi) is 4.68. The normalized spacial score (nSPS) is 46.6. The van der Waals surface area contributed by atoms with E-state index in [-0.39, 0.29) is 34.3 Å². The molecule has 34 heavy (non-hydrogen) atoms. The lowest BCUT2D eigenvalue weighted by molar-refractivity contribution is -0.324. The van der Waals surface area contributed by atoms with Crippen LogP contribution < -0.4 is 0 Å². The van der Waals surface area contributed by atoms with Crippen LogP contribution in [0.4, 0.5) is 0 Å². The summed E-state index contributed by atoms with van der Waals surface area (Å²) in [6.45, 7) is 7.49. The molecule has 0 aromatic heterocycles. The van der Waals surface area contributed by atoms with Crippen LogP contribution in [-0.4, -0.2) is 30.3 Å². The second-order valence-electron chi connectivity index (χ2n) is 12.2. The third-order valence-electron chi connectivity index (χ3n) is 10.8. The Morgan fingerprint density at radius 2 is 1.91 bits per heavy atom. The van der Waals surface area contributed by atoms with Gasteiger partial charge in [0.25, 0.3) is 0 Å². The van der Waals surface area contributed by atoms with Gasteiger partial charge in [-0.2, -0.15) is 0 Å². The maximum atomic E-state index is 13.0. The maximum Gasteiger partial charge on any atom is 0.331 e. The molecule has 0 N–H and O–H groups in total. The molecule has 0 unspecified atom stereocenters. The van der Waals surface area contributed by atoms with E-state index >= 15 is 0 Å². The van der Waals surface area contributed by atoms with E-state index in [4.69, 9.17) is 14.2 Å². The molecule has 3 saturated carbocycles. The second kappa shape index (κ2) is 7.15. The smallest absolute Gasteiger partial charge is 0.331 e. The molecule has 3 heterocycles. The maximum absolute atomic E-state index is 13.0. The van der Waals surface area contributed by atoms with Crippen molar-refractivity contribution >= 4 is 11.9 Å². The molecule has 0 aromatic rings. The summed E-state index contributed by atoms with van der Waals surface area (Å²) in [6, 6.07) is 0. The summed E-state index contributed by atoms with van der Waals surface area (Å²) in [6.07, 6.45) is 13.2. The van der Waals surface area contributed by atoms with E-state index in [0.29, 0.717) is 25.9 Å². The Hall–Kier alpha value is -2.22. The monoisotopic (exact) mass is 464 g/mol. The van der Waals surface area contributed by atoms with Crippen LogP contribution in [0, 0.1) is 33.5 Å². The molecule has 182 valence electrons. The largest absolute Gasteiger partial charge is 0.493 e. The van der Waals surface area contributed by atoms with Crippen LogP contribution in [0.5, 0.6) is 0 Å². The number of rotatable bonds is 3. The SMILES string of the molecule is C[C@@]12CCCC3=CO[C@@]4(CCC5=CC(=O)OC5)[C@@](C)(CCC1)[C@]32[C@H]1C[C@]4(C)C#CCCC(=O)O1. The molecule has 3 fully saturated rings. The summed E-state index contributed by atoms with van der Waals surface area (Å²) in [7, 11) is 0. The summed E-state index contributed by atoms with van der Waals surface area (Å²) in [5, 5.41) is 0. The first-order valence-corrected chi connectivity index (χ1v) is 13.1. The van der Waals surface area contributed by atoms with Crippen LogP contribution in [0.15, 0.2) is 23.5 Å². The molecular weight excluding hydrogens is 428 g/mol. The van der Waals surface area contributed by atoms with Gasteiger partial charge in [0.05, 0.1) is 18.1 Å². The molecule has 3 aliphatic heterocycles. The average Bonchev–Trinajstić information content (AvgIpc) is 3.22. The lowest BCUT2D eigenvalue weighted by Crippen LogP contribution is -2.79. The highest BCUT2D eigenvalue weighted by atomic mass is 16.5. The molecule has 6 aliphatic rings. The van der Waals surface area contributed by atoms with Crippen molar-refractivity contribution in [2.24, 2.45) is 21.7 Å². The number of ether oxygens (including phenoxy) is 3. The number of carbonyl (C=O) groups is 2. The zero-order chi connectivity index (χ0) is 23.8. The fraction of sp³-hybridized carbons (Fsp3) is 0.724. The molecule has 0 radical (unpaired) electrons. The van der Waals surface area contributed by atoms with Crippen LogP contribution in [-0.2, 0) is 23.8 Å². The van der Waals surface area contributed by atoms with Crippen molar-refractivity contribution in [3.05, 3.63) is 23.5 Å². The summed E-state index contributed by atoms with van der Waals surface area (Å²) < 4.78 is 18.7. The van der Waals surface area contributed by atoms with Gasteiger partial charge < -0.3 is 14.2 Å². The lowest BCUT2D eigenvalue weighted by Gasteiger charge is -2.77. The molecule has 0 saturated heterocycles. The minimum absolute atomic E-state index is 0.0541. The van der Waals surface area contributed by atoms with E-state index in [1.807, 2.05) is 0 Å².